The summed E-state index contributed by atoms with van der Waals surface area (Å²) in [6.45, 7) is 0.645. The molecule has 3 nitrogen and oxygen atoms in total. The first-order valence-corrected chi connectivity index (χ1v) is 8.57. The Balaban J connectivity index is 1.79. The molecule has 23 heavy (non-hydrogen) atoms. The molecule has 1 aliphatic heterocycles. The standard InChI is InChI=1S/C18H20FNO2S/c1-21-16-5-3-4-12(18(16)22-2)11-20-15-8-9-23-17-7-6-13(19)10-14(15)17/h3-7,10,15,20H,8-9,11H2,1-2H3. The molecular formula is C18H20FNO2S. The average molecular weight is 333 g/mol. The van der Waals surface area contributed by atoms with E-state index in [0.717, 1.165) is 39.7 Å². The van der Waals surface area contributed by atoms with Gasteiger partial charge in [0.25, 0.3) is 0 Å². The number of para-hydroxylation sites is 1. The summed E-state index contributed by atoms with van der Waals surface area (Å²) < 4.78 is 24.4. The van der Waals surface area contributed by atoms with Crippen molar-refractivity contribution < 1.29 is 13.9 Å². The van der Waals surface area contributed by atoms with Crippen LogP contribution >= 0.6 is 11.8 Å². The number of ether oxygens (including phenoxy) is 2. The number of methoxy groups -OCH3 is 2. The number of nitrogens with one attached hydrogen (secondary N) is 1. The number of rotatable bonds is 5. The molecule has 1 atom stereocenters. The highest BCUT2D eigenvalue weighted by atomic mass is 32.2. The highest BCUT2D eigenvalue weighted by Crippen LogP contribution is 2.37. The van der Waals surface area contributed by atoms with Crippen molar-refractivity contribution in [2.75, 3.05) is 20.0 Å². The van der Waals surface area contributed by atoms with Crippen LogP contribution in [0.1, 0.15) is 23.6 Å². The quantitative estimate of drug-likeness (QED) is 0.890. The Labute approximate surface area is 140 Å². The predicted molar refractivity (Wildman–Crippen MR) is 90.9 cm³/mol. The van der Waals surface area contributed by atoms with Crippen LogP contribution in [0.4, 0.5) is 4.39 Å². The molecular weight excluding hydrogens is 313 g/mol. The molecule has 0 aliphatic carbocycles. The average Bonchev–Trinajstić information content (AvgIpc) is 2.59. The van der Waals surface area contributed by atoms with E-state index in [0.29, 0.717) is 6.54 Å². The third-order valence-electron chi connectivity index (χ3n) is 4.03. The fourth-order valence-electron chi connectivity index (χ4n) is 2.90. The molecule has 1 unspecified atom stereocenters. The lowest BCUT2D eigenvalue weighted by Gasteiger charge is -2.26. The van der Waals surface area contributed by atoms with Gasteiger partial charge in [-0.1, -0.05) is 12.1 Å². The summed E-state index contributed by atoms with van der Waals surface area (Å²) in [6, 6.07) is 11.0. The fraction of sp³-hybridized carbons (Fsp3) is 0.333. The first kappa shape index (κ1) is 16.1. The van der Waals surface area contributed by atoms with Gasteiger partial charge in [0.15, 0.2) is 11.5 Å². The van der Waals surface area contributed by atoms with Crippen molar-refractivity contribution in [1.29, 1.82) is 0 Å². The molecule has 0 saturated carbocycles. The molecule has 0 bridgehead atoms. The van der Waals surface area contributed by atoms with Gasteiger partial charge >= 0.3 is 0 Å². The maximum Gasteiger partial charge on any atom is 0.165 e. The third-order valence-corrected chi connectivity index (χ3v) is 5.16. The van der Waals surface area contributed by atoms with Gasteiger partial charge in [0.1, 0.15) is 5.82 Å². The molecule has 1 aliphatic rings. The molecule has 1 heterocycles. The van der Waals surface area contributed by atoms with Crippen molar-refractivity contribution in [1.82, 2.24) is 5.32 Å². The number of fused-ring (bicyclic) bond motifs is 1. The third kappa shape index (κ3) is 3.46. The summed E-state index contributed by atoms with van der Waals surface area (Å²) in [5.41, 5.74) is 2.08. The van der Waals surface area contributed by atoms with Gasteiger partial charge in [0.2, 0.25) is 0 Å². The molecule has 3 rings (SSSR count). The van der Waals surface area contributed by atoms with E-state index >= 15 is 0 Å². The van der Waals surface area contributed by atoms with E-state index in [2.05, 4.69) is 5.32 Å². The van der Waals surface area contributed by atoms with Crippen LogP contribution in [0.25, 0.3) is 0 Å². The summed E-state index contributed by atoms with van der Waals surface area (Å²) in [6.07, 6.45) is 0.980. The number of hydrogen-bond acceptors (Lipinski definition) is 4. The Hall–Kier alpha value is -1.72. The molecule has 122 valence electrons. The van der Waals surface area contributed by atoms with Crippen LogP contribution < -0.4 is 14.8 Å². The van der Waals surface area contributed by atoms with E-state index in [1.807, 2.05) is 24.3 Å². The molecule has 0 amide bonds. The van der Waals surface area contributed by atoms with Crippen molar-refractivity contribution in [2.24, 2.45) is 0 Å². The first-order chi connectivity index (χ1) is 11.2. The summed E-state index contributed by atoms with van der Waals surface area (Å²) in [5.74, 6) is 2.31. The van der Waals surface area contributed by atoms with E-state index in [1.54, 1.807) is 32.0 Å². The number of benzene rings is 2. The van der Waals surface area contributed by atoms with Crippen LogP contribution in [-0.2, 0) is 6.54 Å². The lowest BCUT2D eigenvalue weighted by atomic mass is 10.0. The minimum atomic E-state index is -0.183. The first-order valence-electron chi connectivity index (χ1n) is 7.58. The van der Waals surface area contributed by atoms with Gasteiger partial charge in [0.05, 0.1) is 14.2 Å². The van der Waals surface area contributed by atoms with Gasteiger partial charge in [-0.3, -0.25) is 0 Å². The zero-order valence-electron chi connectivity index (χ0n) is 13.3. The van der Waals surface area contributed by atoms with Crippen LogP contribution in [0, 0.1) is 5.82 Å². The minimum Gasteiger partial charge on any atom is -0.493 e. The molecule has 0 aromatic heterocycles. The smallest absolute Gasteiger partial charge is 0.165 e. The minimum absolute atomic E-state index is 0.151. The highest BCUT2D eigenvalue weighted by molar-refractivity contribution is 7.99. The predicted octanol–water partition coefficient (Wildman–Crippen LogP) is 4.17. The van der Waals surface area contributed by atoms with Gasteiger partial charge in [-0.25, -0.2) is 4.39 Å². The Kier molecular flexibility index (Phi) is 5.08. The molecule has 0 spiro atoms. The Morgan fingerprint density at radius 2 is 2.09 bits per heavy atom. The summed E-state index contributed by atoms with van der Waals surface area (Å²) >= 11 is 1.79. The molecule has 2 aromatic carbocycles. The van der Waals surface area contributed by atoms with Crippen LogP contribution in [0.5, 0.6) is 11.5 Å². The zero-order chi connectivity index (χ0) is 16.2. The molecule has 0 radical (unpaired) electrons. The van der Waals surface area contributed by atoms with Gasteiger partial charge in [-0.05, 0) is 42.0 Å². The molecule has 0 fully saturated rings. The van der Waals surface area contributed by atoms with Crippen molar-refractivity contribution in [3.63, 3.8) is 0 Å². The summed E-state index contributed by atoms with van der Waals surface area (Å²) in [7, 11) is 3.27. The van der Waals surface area contributed by atoms with Gasteiger partial charge in [-0.15, -0.1) is 11.8 Å². The van der Waals surface area contributed by atoms with E-state index in [-0.39, 0.29) is 11.9 Å². The van der Waals surface area contributed by atoms with Crippen LogP contribution in [0.15, 0.2) is 41.3 Å². The van der Waals surface area contributed by atoms with Crippen LogP contribution in [0.3, 0.4) is 0 Å². The van der Waals surface area contributed by atoms with Crippen LogP contribution in [0.2, 0.25) is 0 Å². The maximum atomic E-state index is 13.6. The molecule has 5 heteroatoms. The zero-order valence-corrected chi connectivity index (χ0v) is 14.1. The normalized spacial score (nSPS) is 16.7. The second-order valence-corrected chi connectivity index (χ2v) is 6.54. The highest BCUT2D eigenvalue weighted by Gasteiger charge is 2.21. The van der Waals surface area contributed by atoms with Crippen molar-refractivity contribution in [3.8, 4) is 11.5 Å². The number of halogens is 1. The fourth-order valence-corrected chi connectivity index (χ4v) is 4.01. The van der Waals surface area contributed by atoms with E-state index in [1.165, 1.54) is 6.07 Å². The van der Waals surface area contributed by atoms with Crippen LogP contribution in [-0.4, -0.2) is 20.0 Å². The van der Waals surface area contributed by atoms with Crippen molar-refractivity contribution >= 4 is 11.8 Å². The lowest BCUT2D eigenvalue weighted by Crippen LogP contribution is -2.24. The molecule has 1 N–H and O–H groups in total. The van der Waals surface area contributed by atoms with Gasteiger partial charge < -0.3 is 14.8 Å². The Morgan fingerprint density at radius 1 is 1.22 bits per heavy atom. The number of hydrogen-bond donors (Lipinski definition) is 1. The van der Waals surface area contributed by atoms with E-state index < -0.39 is 0 Å². The van der Waals surface area contributed by atoms with Crippen molar-refractivity contribution in [2.45, 2.75) is 23.9 Å². The lowest BCUT2D eigenvalue weighted by molar-refractivity contribution is 0.349. The number of thioether (sulfide) groups is 1. The van der Waals surface area contributed by atoms with Crippen molar-refractivity contribution in [3.05, 3.63) is 53.3 Å². The summed E-state index contributed by atoms with van der Waals surface area (Å²) in [4.78, 5) is 1.16. The monoisotopic (exact) mass is 333 g/mol. The second-order valence-electron chi connectivity index (χ2n) is 5.41. The van der Waals surface area contributed by atoms with Gasteiger partial charge in [0, 0.05) is 23.0 Å². The SMILES string of the molecule is COc1cccc(CNC2CCSc3ccc(F)cc32)c1OC. The molecule has 0 saturated heterocycles. The molecule has 2 aromatic rings. The Morgan fingerprint density at radius 3 is 2.87 bits per heavy atom. The Bertz CT molecular complexity index is 693. The second kappa shape index (κ2) is 7.23. The van der Waals surface area contributed by atoms with E-state index in [9.17, 15) is 4.39 Å². The maximum absolute atomic E-state index is 13.6. The largest absolute Gasteiger partial charge is 0.493 e. The summed E-state index contributed by atoms with van der Waals surface area (Å²) in [5, 5.41) is 3.53. The topological polar surface area (TPSA) is 30.5 Å². The van der Waals surface area contributed by atoms with E-state index in [4.69, 9.17) is 9.47 Å². The van der Waals surface area contributed by atoms with Gasteiger partial charge in [-0.2, -0.15) is 0 Å².